The maximum absolute atomic E-state index is 13.0. The van der Waals surface area contributed by atoms with Crippen molar-refractivity contribution >= 4 is 5.97 Å². The van der Waals surface area contributed by atoms with Gasteiger partial charge in [-0.2, -0.15) is 0 Å². The Morgan fingerprint density at radius 1 is 0.683 bits per heavy atom. The van der Waals surface area contributed by atoms with Crippen LogP contribution < -0.4 is 9.47 Å². The van der Waals surface area contributed by atoms with Crippen LogP contribution in [0.25, 0.3) is 0 Å². The fourth-order valence-corrected chi connectivity index (χ4v) is 4.36. The molecule has 0 saturated carbocycles. The second-order valence-corrected chi connectivity index (χ2v) is 9.46. The number of hydrogen-bond donors (Lipinski definition) is 9. The van der Waals surface area contributed by atoms with Crippen molar-refractivity contribution in [1.29, 1.82) is 0 Å². The standard InChI is InChI=1S/C26H32O15/c27-8-15-18(30)20(32)22(34)25(40-15)38-13-6-2-1-4-11(13)10-37-24(36)17-12(29)5-3-7-14(17)39-26-23(35)21(33)19(31)16(9-28)41-26/h1-7,15-16,18-23,25-35H,8-10H2/t15-,16+,18-,19+,20+,21-,22-,23+,25-,26+/m0/s1. The number of hydrogen-bond acceptors (Lipinski definition) is 15. The second-order valence-electron chi connectivity index (χ2n) is 9.46. The zero-order valence-electron chi connectivity index (χ0n) is 21.4. The lowest BCUT2D eigenvalue weighted by Crippen LogP contribution is -2.60. The first kappa shape index (κ1) is 30.9. The molecular weight excluding hydrogens is 552 g/mol. The van der Waals surface area contributed by atoms with Gasteiger partial charge in [-0.25, -0.2) is 4.79 Å². The van der Waals surface area contributed by atoms with Gasteiger partial charge in [-0.1, -0.05) is 24.3 Å². The van der Waals surface area contributed by atoms with Crippen molar-refractivity contribution in [1.82, 2.24) is 0 Å². The molecule has 2 aliphatic rings. The molecule has 226 valence electrons. The summed E-state index contributed by atoms with van der Waals surface area (Å²) in [6, 6.07) is 9.90. The molecule has 2 fully saturated rings. The summed E-state index contributed by atoms with van der Waals surface area (Å²) in [6.45, 7) is -1.79. The summed E-state index contributed by atoms with van der Waals surface area (Å²) in [5.41, 5.74) is -0.193. The van der Waals surface area contributed by atoms with Gasteiger partial charge in [-0.15, -0.1) is 0 Å². The number of aliphatic hydroxyl groups is 8. The third-order valence-electron chi connectivity index (χ3n) is 6.72. The van der Waals surface area contributed by atoms with E-state index in [0.717, 1.165) is 0 Å². The Bertz CT molecular complexity index is 1170. The van der Waals surface area contributed by atoms with Gasteiger partial charge in [0.15, 0.2) is 0 Å². The Morgan fingerprint density at radius 3 is 1.76 bits per heavy atom. The first-order valence-corrected chi connectivity index (χ1v) is 12.6. The minimum atomic E-state index is -1.77. The maximum atomic E-state index is 13.0. The third kappa shape index (κ3) is 6.54. The van der Waals surface area contributed by atoms with Crippen LogP contribution in [0.15, 0.2) is 42.5 Å². The van der Waals surface area contributed by atoms with Crippen LogP contribution >= 0.6 is 0 Å². The number of phenolic OH excluding ortho intramolecular Hbond substituents is 1. The lowest BCUT2D eigenvalue weighted by atomic mass is 9.99. The average Bonchev–Trinajstić information content (AvgIpc) is 2.97. The van der Waals surface area contributed by atoms with Crippen LogP contribution in [-0.4, -0.2) is 127 Å². The van der Waals surface area contributed by atoms with Gasteiger partial charge in [0.1, 0.15) is 78.3 Å². The number of aromatic hydroxyl groups is 1. The number of rotatable bonds is 9. The lowest BCUT2D eigenvalue weighted by Gasteiger charge is -2.39. The number of aliphatic hydroxyl groups excluding tert-OH is 8. The highest BCUT2D eigenvalue weighted by molar-refractivity contribution is 5.95. The summed E-state index contributed by atoms with van der Waals surface area (Å²) in [4.78, 5) is 13.0. The molecule has 4 rings (SSSR count). The first-order valence-electron chi connectivity index (χ1n) is 12.6. The van der Waals surface area contributed by atoms with E-state index in [1.807, 2.05) is 0 Å². The summed E-state index contributed by atoms with van der Waals surface area (Å²) in [5.74, 6) is -1.86. The minimum Gasteiger partial charge on any atom is -0.507 e. The van der Waals surface area contributed by atoms with E-state index in [-0.39, 0.29) is 17.1 Å². The monoisotopic (exact) mass is 584 g/mol. The maximum Gasteiger partial charge on any atom is 0.346 e. The van der Waals surface area contributed by atoms with Crippen molar-refractivity contribution in [3.05, 3.63) is 53.6 Å². The summed E-state index contributed by atoms with van der Waals surface area (Å²) in [5, 5.41) is 89.7. The van der Waals surface area contributed by atoms with Crippen LogP contribution in [0, 0.1) is 0 Å². The summed E-state index contributed by atoms with van der Waals surface area (Å²) < 4.78 is 27.2. The molecule has 0 aliphatic carbocycles. The molecule has 2 heterocycles. The van der Waals surface area contributed by atoms with Gasteiger partial charge < -0.3 is 69.6 Å². The smallest absolute Gasteiger partial charge is 0.346 e. The first-order chi connectivity index (χ1) is 19.6. The van der Waals surface area contributed by atoms with Gasteiger partial charge in [0.25, 0.3) is 0 Å². The van der Waals surface area contributed by atoms with Crippen molar-refractivity contribution in [3.8, 4) is 17.2 Å². The van der Waals surface area contributed by atoms with Crippen molar-refractivity contribution in [2.24, 2.45) is 0 Å². The van der Waals surface area contributed by atoms with Crippen LogP contribution in [0.5, 0.6) is 17.2 Å². The van der Waals surface area contributed by atoms with Crippen LogP contribution in [0.2, 0.25) is 0 Å². The van der Waals surface area contributed by atoms with Crippen LogP contribution in [0.1, 0.15) is 15.9 Å². The minimum absolute atomic E-state index is 0.0692. The van der Waals surface area contributed by atoms with Crippen molar-refractivity contribution < 1.29 is 74.4 Å². The Labute approximate surface area is 232 Å². The van der Waals surface area contributed by atoms with E-state index < -0.39 is 98.5 Å². The molecule has 2 saturated heterocycles. The van der Waals surface area contributed by atoms with Crippen molar-refractivity contribution in [2.45, 2.75) is 68.0 Å². The Hall–Kier alpha value is -3.09. The predicted molar refractivity (Wildman–Crippen MR) is 132 cm³/mol. The lowest BCUT2D eigenvalue weighted by molar-refractivity contribution is -0.277. The summed E-state index contributed by atoms with van der Waals surface area (Å²) in [6.07, 6.45) is -15.7. The SMILES string of the molecule is O=C(OCc1ccccc1O[C@H]1O[C@@H](CO)[C@H](O)[C@@H](O)[C@@H]1O)c1c(O)cccc1O[C@@H]1O[C@H](CO)[C@@H](O)[C@H](O)[C@H]1O. The highest BCUT2D eigenvalue weighted by Gasteiger charge is 2.46. The number of para-hydroxylation sites is 1. The van der Waals surface area contributed by atoms with Crippen molar-refractivity contribution in [3.63, 3.8) is 0 Å². The summed E-state index contributed by atoms with van der Waals surface area (Å²) in [7, 11) is 0. The van der Waals surface area contributed by atoms with Gasteiger partial charge in [-0.05, 0) is 18.2 Å². The molecule has 9 N–H and O–H groups in total. The van der Waals surface area contributed by atoms with Crippen LogP contribution in [0.4, 0.5) is 0 Å². The number of phenols is 1. The molecule has 15 heteroatoms. The molecule has 0 unspecified atom stereocenters. The van der Waals surface area contributed by atoms with E-state index in [1.54, 1.807) is 12.1 Å². The third-order valence-corrected chi connectivity index (χ3v) is 6.72. The predicted octanol–water partition coefficient (Wildman–Crippen LogP) is -2.89. The Kier molecular flexibility index (Phi) is 9.98. The van der Waals surface area contributed by atoms with E-state index in [4.69, 9.17) is 23.7 Å². The molecule has 2 aromatic carbocycles. The van der Waals surface area contributed by atoms with E-state index >= 15 is 0 Å². The highest BCUT2D eigenvalue weighted by atomic mass is 16.7. The zero-order valence-corrected chi connectivity index (χ0v) is 21.4. The molecule has 0 radical (unpaired) electrons. The van der Waals surface area contributed by atoms with Gasteiger partial charge in [0.05, 0.1) is 13.2 Å². The second kappa shape index (κ2) is 13.3. The Morgan fingerprint density at radius 2 is 1.20 bits per heavy atom. The molecule has 2 aliphatic heterocycles. The van der Waals surface area contributed by atoms with Crippen molar-refractivity contribution in [2.75, 3.05) is 13.2 Å². The molecule has 2 aromatic rings. The molecule has 0 amide bonds. The van der Waals surface area contributed by atoms with Gasteiger partial charge in [-0.3, -0.25) is 0 Å². The fourth-order valence-electron chi connectivity index (χ4n) is 4.36. The average molecular weight is 585 g/mol. The van der Waals surface area contributed by atoms with E-state index in [1.165, 1.54) is 30.3 Å². The summed E-state index contributed by atoms with van der Waals surface area (Å²) >= 11 is 0. The molecular formula is C26H32O15. The van der Waals surface area contributed by atoms with E-state index in [2.05, 4.69) is 0 Å². The zero-order chi connectivity index (χ0) is 29.8. The molecule has 41 heavy (non-hydrogen) atoms. The number of carbonyl (C=O) groups is 1. The van der Waals surface area contributed by atoms with E-state index in [9.17, 15) is 50.8 Å². The quantitative estimate of drug-likeness (QED) is 0.134. The molecule has 10 atom stereocenters. The van der Waals surface area contributed by atoms with Crippen LogP contribution in [-0.2, 0) is 20.8 Å². The fraction of sp³-hybridized carbons (Fsp3) is 0.500. The highest BCUT2D eigenvalue weighted by Crippen LogP contribution is 2.33. The van der Waals surface area contributed by atoms with Gasteiger partial charge in [0.2, 0.25) is 12.6 Å². The van der Waals surface area contributed by atoms with Crippen LogP contribution in [0.3, 0.4) is 0 Å². The molecule has 15 nitrogen and oxygen atoms in total. The molecule has 0 spiro atoms. The van der Waals surface area contributed by atoms with Gasteiger partial charge >= 0.3 is 5.97 Å². The molecule has 0 aromatic heterocycles. The number of esters is 1. The number of benzene rings is 2. The topological polar surface area (TPSA) is 245 Å². The largest absolute Gasteiger partial charge is 0.507 e. The van der Waals surface area contributed by atoms with Gasteiger partial charge in [0, 0.05) is 5.56 Å². The Balaban J connectivity index is 1.48. The van der Waals surface area contributed by atoms with E-state index in [0.29, 0.717) is 0 Å². The molecule has 0 bridgehead atoms. The number of ether oxygens (including phenoxy) is 5. The number of carbonyl (C=O) groups excluding carboxylic acids is 1. The normalized spacial score (nSPS) is 33.7.